The van der Waals surface area contributed by atoms with Crippen LogP contribution in [0.15, 0.2) is 54.7 Å². The van der Waals surface area contributed by atoms with Crippen LogP contribution in [0.5, 0.6) is 0 Å². The number of ether oxygens (including phenoxy) is 1. The lowest BCUT2D eigenvalue weighted by Gasteiger charge is -2.25. The van der Waals surface area contributed by atoms with Crippen molar-refractivity contribution in [3.63, 3.8) is 0 Å². The molecule has 0 bridgehead atoms. The van der Waals surface area contributed by atoms with Crippen molar-refractivity contribution in [2.75, 3.05) is 19.8 Å². The van der Waals surface area contributed by atoms with E-state index in [1.54, 1.807) is 0 Å². The molecule has 1 N–H and O–H groups in total. The maximum absolute atomic E-state index is 13.1. The van der Waals surface area contributed by atoms with E-state index in [1.165, 1.54) is 5.39 Å². The molecule has 2 heterocycles. The van der Waals surface area contributed by atoms with Gasteiger partial charge in [-0.3, -0.25) is 4.79 Å². The number of carbonyl (C=O) groups is 1. The monoisotopic (exact) mass is 362 g/mol. The maximum atomic E-state index is 13.1. The number of rotatable bonds is 8. The summed E-state index contributed by atoms with van der Waals surface area (Å²) in [5.41, 5.74) is 4.18. The summed E-state index contributed by atoms with van der Waals surface area (Å²) in [5, 5.41) is 1.18. The highest BCUT2D eigenvalue weighted by molar-refractivity contribution is 6.00. The number of para-hydroxylation sites is 1. The lowest BCUT2D eigenvalue weighted by atomic mass is 9.97. The van der Waals surface area contributed by atoms with Crippen LogP contribution in [0.4, 0.5) is 0 Å². The molecule has 1 aliphatic rings. The first kappa shape index (κ1) is 17.8. The zero-order chi connectivity index (χ0) is 18.6. The Labute approximate surface area is 160 Å². The quantitative estimate of drug-likeness (QED) is 0.578. The third-order valence-corrected chi connectivity index (χ3v) is 5.30. The predicted molar refractivity (Wildman–Crippen MR) is 108 cm³/mol. The van der Waals surface area contributed by atoms with Gasteiger partial charge >= 0.3 is 0 Å². The summed E-state index contributed by atoms with van der Waals surface area (Å²) in [4.78, 5) is 18.4. The third kappa shape index (κ3) is 3.37. The molecule has 27 heavy (non-hydrogen) atoms. The summed E-state index contributed by atoms with van der Waals surface area (Å²) in [6.07, 6.45) is 5.13. The van der Waals surface area contributed by atoms with Gasteiger partial charge in [0, 0.05) is 48.0 Å². The number of hydrogen-bond donors (Lipinski definition) is 1. The maximum Gasteiger partial charge on any atom is 0.255 e. The lowest BCUT2D eigenvalue weighted by Crippen LogP contribution is -2.30. The summed E-state index contributed by atoms with van der Waals surface area (Å²) in [7, 11) is 0. The fraction of sp³-hybridized carbons (Fsp3) is 0.348. The summed E-state index contributed by atoms with van der Waals surface area (Å²) >= 11 is 0. The van der Waals surface area contributed by atoms with Crippen LogP contribution in [0.2, 0.25) is 0 Å². The Bertz CT molecular complexity index is 931. The summed E-state index contributed by atoms with van der Waals surface area (Å²) in [5.74, 6) is 0.120. The molecule has 1 atom stereocenters. The number of benzene rings is 2. The molecule has 0 radical (unpaired) electrons. The van der Waals surface area contributed by atoms with Crippen LogP contribution in [-0.4, -0.2) is 35.5 Å². The number of nitrogens with one attached hydrogen (secondary N) is 1. The molecule has 1 unspecified atom stereocenters. The van der Waals surface area contributed by atoms with Crippen LogP contribution in [-0.2, 0) is 4.74 Å². The van der Waals surface area contributed by atoms with Crippen LogP contribution in [0.25, 0.3) is 10.9 Å². The Balaban J connectivity index is 1.60. The average molecular weight is 362 g/mol. The molecule has 0 fully saturated rings. The predicted octanol–water partition coefficient (Wildman–Crippen LogP) is 4.92. The van der Waals surface area contributed by atoms with E-state index < -0.39 is 0 Å². The first-order valence-electron chi connectivity index (χ1n) is 9.85. The van der Waals surface area contributed by atoms with Gasteiger partial charge in [0.05, 0.1) is 6.04 Å². The minimum atomic E-state index is -0.0412. The van der Waals surface area contributed by atoms with Gasteiger partial charge in [-0.2, -0.15) is 0 Å². The number of carbonyl (C=O) groups excluding carboxylic acids is 1. The molecule has 1 aromatic heterocycles. The van der Waals surface area contributed by atoms with E-state index in [4.69, 9.17) is 4.74 Å². The molecule has 4 heteroatoms. The highest BCUT2D eigenvalue weighted by atomic mass is 16.5. The standard InChI is InChI=1S/C23H26N2O2/c1-2-3-14-27-15-8-13-25-22(18-10-4-5-11-19(18)23(25)26)20-16-24-21-12-7-6-9-17(20)21/h4-7,9-12,16,22,24H,2-3,8,13-15H2,1H3. The van der Waals surface area contributed by atoms with Gasteiger partial charge in [0.1, 0.15) is 0 Å². The second kappa shape index (κ2) is 7.97. The van der Waals surface area contributed by atoms with Crippen LogP contribution in [0.3, 0.4) is 0 Å². The number of hydrogen-bond acceptors (Lipinski definition) is 2. The molecule has 2 aromatic carbocycles. The van der Waals surface area contributed by atoms with Gasteiger partial charge < -0.3 is 14.6 Å². The zero-order valence-corrected chi connectivity index (χ0v) is 15.8. The number of fused-ring (bicyclic) bond motifs is 2. The van der Waals surface area contributed by atoms with E-state index in [0.29, 0.717) is 13.2 Å². The van der Waals surface area contributed by atoms with Crippen molar-refractivity contribution in [1.82, 2.24) is 9.88 Å². The second-order valence-corrected chi connectivity index (χ2v) is 7.10. The molecule has 0 aliphatic carbocycles. The third-order valence-electron chi connectivity index (χ3n) is 5.30. The van der Waals surface area contributed by atoms with Gasteiger partial charge in [0.15, 0.2) is 0 Å². The first-order chi connectivity index (χ1) is 13.3. The molecule has 1 aliphatic heterocycles. The Morgan fingerprint density at radius 3 is 2.67 bits per heavy atom. The molecule has 1 amide bonds. The van der Waals surface area contributed by atoms with E-state index in [0.717, 1.165) is 48.1 Å². The average Bonchev–Trinajstić information content (AvgIpc) is 3.24. The van der Waals surface area contributed by atoms with Gasteiger partial charge in [0.2, 0.25) is 0 Å². The number of amides is 1. The molecule has 3 aromatic rings. The van der Waals surface area contributed by atoms with Gasteiger partial charge in [-0.05, 0) is 30.5 Å². The van der Waals surface area contributed by atoms with Gasteiger partial charge in [-0.25, -0.2) is 0 Å². The summed E-state index contributed by atoms with van der Waals surface area (Å²) in [6.45, 7) is 4.36. The molecular weight excluding hydrogens is 336 g/mol. The SMILES string of the molecule is CCCCOCCCN1C(=O)c2ccccc2C1c1c[nH]c2ccccc12. The number of unbranched alkanes of at least 4 members (excludes halogenated alkanes) is 1. The minimum absolute atomic E-state index is 0.0412. The van der Waals surface area contributed by atoms with Crippen LogP contribution < -0.4 is 0 Å². The Hall–Kier alpha value is -2.59. The number of nitrogens with zero attached hydrogens (tertiary/aromatic N) is 1. The van der Waals surface area contributed by atoms with E-state index >= 15 is 0 Å². The molecule has 4 nitrogen and oxygen atoms in total. The number of aromatic amines is 1. The molecule has 0 saturated carbocycles. The first-order valence-corrected chi connectivity index (χ1v) is 9.85. The van der Waals surface area contributed by atoms with E-state index in [-0.39, 0.29) is 11.9 Å². The van der Waals surface area contributed by atoms with Crippen molar-refractivity contribution in [3.8, 4) is 0 Å². The lowest BCUT2D eigenvalue weighted by molar-refractivity contribution is 0.0709. The normalized spacial score (nSPS) is 16.3. The van der Waals surface area contributed by atoms with Crippen molar-refractivity contribution >= 4 is 16.8 Å². The molecule has 4 rings (SSSR count). The Morgan fingerprint density at radius 1 is 1.00 bits per heavy atom. The van der Waals surface area contributed by atoms with Crippen LogP contribution in [0.1, 0.15) is 53.7 Å². The summed E-state index contributed by atoms with van der Waals surface area (Å²) < 4.78 is 5.70. The van der Waals surface area contributed by atoms with Crippen molar-refractivity contribution in [1.29, 1.82) is 0 Å². The van der Waals surface area contributed by atoms with E-state index in [2.05, 4.69) is 36.3 Å². The molecule has 0 saturated heterocycles. The van der Waals surface area contributed by atoms with Crippen molar-refractivity contribution in [2.45, 2.75) is 32.2 Å². The number of H-pyrrole nitrogens is 1. The fourth-order valence-electron chi connectivity index (χ4n) is 3.94. The number of aromatic nitrogens is 1. The van der Waals surface area contributed by atoms with Crippen LogP contribution in [0, 0.1) is 0 Å². The van der Waals surface area contributed by atoms with E-state index in [1.807, 2.05) is 35.2 Å². The van der Waals surface area contributed by atoms with Crippen molar-refractivity contribution in [3.05, 3.63) is 71.4 Å². The van der Waals surface area contributed by atoms with Gasteiger partial charge in [0.25, 0.3) is 5.91 Å². The molecule has 0 spiro atoms. The van der Waals surface area contributed by atoms with E-state index in [9.17, 15) is 4.79 Å². The van der Waals surface area contributed by atoms with Gasteiger partial charge in [-0.15, -0.1) is 0 Å². The second-order valence-electron chi connectivity index (χ2n) is 7.10. The fourth-order valence-corrected chi connectivity index (χ4v) is 3.94. The minimum Gasteiger partial charge on any atom is -0.381 e. The highest BCUT2D eigenvalue weighted by Gasteiger charge is 2.38. The topological polar surface area (TPSA) is 45.3 Å². The molecule has 140 valence electrons. The summed E-state index contributed by atoms with van der Waals surface area (Å²) in [6, 6.07) is 16.2. The van der Waals surface area contributed by atoms with Crippen LogP contribution >= 0.6 is 0 Å². The largest absolute Gasteiger partial charge is 0.381 e. The Kier molecular flexibility index (Phi) is 5.26. The van der Waals surface area contributed by atoms with Crippen molar-refractivity contribution < 1.29 is 9.53 Å². The molecular formula is C23H26N2O2. The van der Waals surface area contributed by atoms with Crippen molar-refractivity contribution in [2.24, 2.45) is 0 Å². The zero-order valence-electron chi connectivity index (χ0n) is 15.8. The highest BCUT2D eigenvalue weighted by Crippen LogP contribution is 2.40. The smallest absolute Gasteiger partial charge is 0.255 e. The van der Waals surface area contributed by atoms with Gasteiger partial charge in [-0.1, -0.05) is 49.7 Å². The Morgan fingerprint density at radius 2 is 1.78 bits per heavy atom.